The first-order valence-electron chi connectivity index (χ1n) is 9.00. The number of nitrogens with zero attached hydrogens (tertiary/aromatic N) is 1. The molecule has 2 fully saturated rings. The first-order valence-corrected chi connectivity index (χ1v) is 9.00. The first-order chi connectivity index (χ1) is 11.6. The van der Waals surface area contributed by atoms with Gasteiger partial charge in [0.2, 0.25) is 11.8 Å². The lowest BCUT2D eigenvalue weighted by atomic mass is 9.75. The van der Waals surface area contributed by atoms with Crippen molar-refractivity contribution in [2.75, 3.05) is 30.3 Å². The number of hydrogen-bond donors (Lipinski definition) is 2. The molecule has 2 amide bonds. The average molecular weight is 329 g/mol. The Hall–Kier alpha value is -1.88. The van der Waals surface area contributed by atoms with Gasteiger partial charge in [0.05, 0.1) is 6.54 Å². The van der Waals surface area contributed by atoms with Gasteiger partial charge < -0.3 is 10.6 Å². The fourth-order valence-corrected chi connectivity index (χ4v) is 4.06. The molecule has 1 aromatic rings. The fourth-order valence-electron chi connectivity index (χ4n) is 4.06. The molecule has 0 radical (unpaired) electrons. The van der Waals surface area contributed by atoms with Crippen LogP contribution in [0.3, 0.4) is 0 Å². The molecule has 1 aliphatic carbocycles. The lowest BCUT2D eigenvalue weighted by molar-refractivity contribution is -0.118. The highest BCUT2D eigenvalue weighted by atomic mass is 16.2. The fraction of sp³-hybridized carbons (Fsp3) is 0.579. The summed E-state index contributed by atoms with van der Waals surface area (Å²) in [6, 6.07) is 7.22. The van der Waals surface area contributed by atoms with Gasteiger partial charge in [0.15, 0.2) is 0 Å². The summed E-state index contributed by atoms with van der Waals surface area (Å²) in [5.74, 6) is 1.62. The van der Waals surface area contributed by atoms with Gasteiger partial charge in [0, 0.05) is 24.8 Å². The Kier molecular flexibility index (Phi) is 5.51. The van der Waals surface area contributed by atoms with E-state index in [-0.39, 0.29) is 11.8 Å². The van der Waals surface area contributed by atoms with Gasteiger partial charge in [-0.15, -0.1) is 0 Å². The van der Waals surface area contributed by atoms with Crippen molar-refractivity contribution in [2.45, 2.75) is 39.0 Å². The van der Waals surface area contributed by atoms with E-state index in [1.54, 1.807) is 12.1 Å². The van der Waals surface area contributed by atoms with Crippen LogP contribution < -0.4 is 10.6 Å². The Labute approximate surface area is 143 Å². The van der Waals surface area contributed by atoms with E-state index in [9.17, 15) is 9.59 Å². The van der Waals surface area contributed by atoms with Crippen LogP contribution in [0, 0.1) is 11.8 Å². The first kappa shape index (κ1) is 17.0. The number of benzene rings is 1. The molecule has 24 heavy (non-hydrogen) atoms. The van der Waals surface area contributed by atoms with Crippen LogP contribution in [0.15, 0.2) is 24.3 Å². The summed E-state index contributed by atoms with van der Waals surface area (Å²) in [5.41, 5.74) is 1.50. The average Bonchev–Trinajstić information content (AvgIpc) is 2.56. The van der Waals surface area contributed by atoms with E-state index in [0.717, 1.165) is 36.3 Å². The molecule has 2 unspecified atom stereocenters. The quantitative estimate of drug-likeness (QED) is 0.892. The lowest BCUT2D eigenvalue weighted by Crippen LogP contribution is -2.44. The molecule has 0 spiro atoms. The van der Waals surface area contributed by atoms with E-state index in [4.69, 9.17) is 0 Å². The van der Waals surface area contributed by atoms with Crippen LogP contribution in [0.1, 0.15) is 39.0 Å². The Balaban J connectivity index is 1.47. The van der Waals surface area contributed by atoms with E-state index in [2.05, 4.69) is 15.5 Å². The number of carbonyl (C=O) groups excluding carboxylic acids is 2. The Bertz CT molecular complexity index is 585. The van der Waals surface area contributed by atoms with E-state index in [1.165, 1.54) is 39.0 Å². The van der Waals surface area contributed by atoms with Crippen LogP contribution in [0.25, 0.3) is 0 Å². The molecule has 1 aromatic carbocycles. The van der Waals surface area contributed by atoms with Crippen LogP contribution in [0.4, 0.5) is 11.4 Å². The molecule has 1 heterocycles. The van der Waals surface area contributed by atoms with Crippen molar-refractivity contribution in [2.24, 2.45) is 11.8 Å². The van der Waals surface area contributed by atoms with E-state index < -0.39 is 0 Å². The van der Waals surface area contributed by atoms with Gasteiger partial charge in [-0.3, -0.25) is 14.5 Å². The molecule has 2 aliphatic rings. The number of hydrogen-bond acceptors (Lipinski definition) is 3. The van der Waals surface area contributed by atoms with Gasteiger partial charge in [0.25, 0.3) is 0 Å². The Morgan fingerprint density at radius 3 is 2.29 bits per heavy atom. The molecule has 1 aliphatic heterocycles. The number of amides is 2. The minimum Gasteiger partial charge on any atom is -0.326 e. The SMILES string of the molecule is CC(=O)Nc1ccc(NC(=O)CN2CCC3CCCCC3C2)cc1. The topological polar surface area (TPSA) is 61.4 Å². The maximum absolute atomic E-state index is 12.3. The third kappa shape index (κ3) is 4.57. The van der Waals surface area contributed by atoms with E-state index >= 15 is 0 Å². The molecular formula is C19H27N3O2. The summed E-state index contributed by atoms with van der Waals surface area (Å²) in [6.07, 6.45) is 6.68. The summed E-state index contributed by atoms with van der Waals surface area (Å²) >= 11 is 0. The number of carbonyl (C=O) groups is 2. The predicted octanol–water partition coefficient (Wildman–Crippen LogP) is 3.10. The largest absolute Gasteiger partial charge is 0.326 e. The number of likely N-dealkylation sites (tertiary alicyclic amines) is 1. The van der Waals surface area contributed by atoms with Crippen LogP contribution in [0.2, 0.25) is 0 Å². The van der Waals surface area contributed by atoms with Crippen LogP contribution >= 0.6 is 0 Å². The van der Waals surface area contributed by atoms with Crippen molar-refractivity contribution < 1.29 is 9.59 Å². The summed E-state index contributed by atoms with van der Waals surface area (Å²) in [4.78, 5) is 25.6. The number of nitrogens with one attached hydrogen (secondary N) is 2. The predicted molar refractivity (Wildman–Crippen MR) is 95.9 cm³/mol. The molecule has 130 valence electrons. The van der Waals surface area contributed by atoms with Crippen LogP contribution in [-0.4, -0.2) is 36.3 Å². The molecule has 0 bridgehead atoms. The van der Waals surface area contributed by atoms with Gasteiger partial charge in [-0.2, -0.15) is 0 Å². The smallest absolute Gasteiger partial charge is 0.238 e. The minimum atomic E-state index is -0.0992. The zero-order valence-corrected chi connectivity index (χ0v) is 14.4. The normalized spacial score (nSPS) is 24.0. The van der Waals surface area contributed by atoms with Gasteiger partial charge in [-0.1, -0.05) is 19.3 Å². The van der Waals surface area contributed by atoms with Gasteiger partial charge in [-0.25, -0.2) is 0 Å². The molecular weight excluding hydrogens is 302 g/mol. The minimum absolute atomic E-state index is 0.0385. The molecule has 3 rings (SSSR count). The highest BCUT2D eigenvalue weighted by Crippen LogP contribution is 2.35. The number of rotatable bonds is 4. The molecule has 0 aromatic heterocycles. The second-order valence-corrected chi connectivity index (χ2v) is 7.14. The van der Waals surface area contributed by atoms with Crippen LogP contribution in [0.5, 0.6) is 0 Å². The summed E-state index contributed by atoms with van der Waals surface area (Å²) < 4.78 is 0. The third-order valence-corrected chi connectivity index (χ3v) is 5.23. The lowest BCUT2D eigenvalue weighted by Gasteiger charge is -2.41. The summed E-state index contributed by atoms with van der Waals surface area (Å²) in [5, 5.41) is 5.67. The van der Waals surface area contributed by atoms with Crippen molar-refractivity contribution >= 4 is 23.2 Å². The van der Waals surface area contributed by atoms with Crippen LogP contribution in [-0.2, 0) is 9.59 Å². The molecule has 5 heteroatoms. The van der Waals surface area contributed by atoms with E-state index in [1.807, 2.05) is 12.1 Å². The zero-order valence-electron chi connectivity index (χ0n) is 14.4. The summed E-state index contributed by atoms with van der Waals surface area (Å²) in [6.45, 7) is 4.05. The Morgan fingerprint density at radius 1 is 1.00 bits per heavy atom. The third-order valence-electron chi connectivity index (χ3n) is 5.23. The molecule has 2 N–H and O–H groups in total. The Morgan fingerprint density at radius 2 is 1.62 bits per heavy atom. The van der Waals surface area contributed by atoms with Gasteiger partial charge in [0.1, 0.15) is 0 Å². The van der Waals surface area contributed by atoms with Crippen molar-refractivity contribution in [3.05, 3.63) is 24.3 Å². The highest BCUT2D eigenvalue weighted by molar-refractivity contribution is 5.93. The maximum atomic E-state index is 12.3. The maximum Gasteiger partial charge on any atom is 0.238 e. The zero-order chi connectivity index (χ0) is 16.9. The van der Waals surface area contributed by atoms with Crippen molar-refractivity contribution in [1.82, 2.24) is 4.90 Å². The standard InChI is InChI=1S/C19H27N3O2/c1-14(23)20-17-6-8-18(9-7-17)21-19(24)13-22-11-10-15-4-2-3-5-16(15)12-22/h6-9,15-16H,2-5,10-13H2,1H3,(H,20,23)(H,21,24). The molecule has 1 saturated heterocycles. The van der Waals surface area contributed by atoms with Gasteiger partial charge >= 0.3 is 0 Å². The monoisotopic (exact) mass is 329 g/mol. The van der Waals surface area contributed by atoms with Gasteiger partial charge in [-0.05, 0) is 55.5 Å². The highest BCUT2D eigenvalue weighted by Gasteiger charge is 2.31. The second kappa shape index (κ2) is 7.79. The number of fused-ring (bicyclic) bond motifs is 1. The molecule has 1 saturated carbocycles. The van der Waals surface area contributed by atoms with Crippen molar-refractivity contribution in [3.8, 4) is 0 Å². The number of anilines is 2. The van der Waals surface area contributed by atoms with Crippen molar-refractivity contribution in [3.63, 3.8) is 0 Å². The van der Waals surface area contributed by atoms with Crippen molar-refractivity contribution in [1.29, 1.82) is 0 Å². The summed E-state index contributed by atoms with van der Waals surface area (Å²) in [7, 11) is 0. The molecule has 2 atom stereocenters. The number of piperidine rings is 1. The van der Waals surface area contributed by atoms with E-state index in [0.29, 0.717) is 6.54 Å². The molecule has 5 nitrogen and oxygen atoms in total. The second-order valence-electron chi connectivity index (χ2n) is 7.14.